The van der Waals surface area contributed by atoms with E-state index in [2.05, 4.69) is 12.2 Å². The molecule has 0 fully saturated rings. The van der Waals surface area contributed by atoms with Gasteiger partial charge in [0, 0.05) is 25.3 Å². The van der Waals surface area contributed by atoms with Gasteiger partial charge in [0.15, 0.2) is 0 Å². The molecule has 0 aliphatic rings. The van der Waals surface area contributed by atoms with Crippen molar-refractivity contribution < 1.29 is 9.15 Å². The van der Waals surface area contributed by atoms with Crippen LogP contribution in [0.15, 0.2) is 23.0 Å². The predicted octanol–water partition coefficient (Wildman–Crippen LogP) is 2.75. The molecule has 0 saturated carbocycles. The highest BCUT2D eigenvalue weighted by atomic mass is 16.5. The van der Waals surface area contributed by atoms with Gasteiger partial charge >= 0.3 is 0 Å². The van der Waals surface area contributed by atoms with Gasteiger partial charge in [0.05, 0.1) is 12.5 Å². The molecule has 0 bridgehead atoms. The Morgan fingerprint density at radius 2 is 2.27 bits per heavy atom. The quantitative estimate of drug-likeness (QED) is 0.671. The highest BCUT2D eigenvalue weighted by Crippen LogP contribution is 2.11. The molecule has 3 nitrogen and oxygen atoms in total. The van der Waals surface area contributed by atoms with E-state index in [-0.39, 0.29) is 0 Å². The van der Waals surface area contributed by atoms with Crippen LogP contribution in [0, 0.1) is 0 Å². The Balaban J connectivity index is 2.00. The molecule has 0 aliphatic heterocycles. The fourth-order valence-electron chi connectivity index (χ4n) is 1.51. The van der Waals surface area contributed by atoms with E-state index in [9.17, 15) is 0 Å². The summed E-state index contributed by atoms with van der Waals surface area (Å²) >= 11 is 0. The third-order valence-electron chi connectivity index (χ3n) is 2.52. The molecule has 0 amide bonds. The summed E-state index contributed by atoms with van der Waals surface area (Å²) in [7, 11) is 1.75. The topological polar surface area (TPSA) is 34.4 Å². The molecule has 1 N–H and O–H groups in total. The summed E-state index contributed by atoms with van der Waals surface area (Å²) < 4.78 is 10.0. The molecule has 0 aliphatic carbocycles. The Labute approximate surface area is 91.8 Å². The highest BCUT2D eigenvalue weighted by Gasteiger charge is 2.04. The summed E-state index contributed by atoms with van der Waals surface area (Å²) in [6.07, 6.45) is 7.08. The maximum Gasteiger partial charge on any atom is 0.0950 e. The molecule has 0 saturated heterocycles. The third kappa shape index (κ3) is 5.00. The van der Waals surface area contributed by atoms with Gasteiger partial charge in [-0.05, 0) is 38.8 Å². The smallest absolute Gasteiger partial charge is 0.0950 e. The number of furan rings is 1. The minimum atomic E-state index is 0.381. The summed E-state index contributed by atoms with van der Waals surface area (Å²) in [5.74, 6) is 0. The number of unbranched alkanes of at least 4 members (excludes halogenated alkanes) is 2. The molecule has 1 aromatic heterocycles. The average molecular weight is 211 g/mol. The normalized spacial score (nSPS) is 12.9. The molecule has 0 radical (unpaired) electrons. The van der Waals surface area contributed by atoms with Crippen molar-refractivity contribution in [1.29, 1.82) is 0 Å². The monoisotopic (exact) mass is 211 g/mol. The zero-order chi connectivity index (χ0) is 10.9. The second kappa shape index (κ2) is 7.49. The maximum absolute atomic E-state index is 5.04. The van der Waals surface area contributed by atoms with Gasteiger partial charge in [0.25, 0.3) is 0 Å². The number of hydrogen-bond donors (Lipinski definition) is 1. The average Bonchev–Trinajstić information content (AvgIpc) is 2.76. The van der Waals surface area contributed by atoms with Crippen molar-refractivity contribution in [3.05, 3.63) is 24.2 Å². The summed E-state index contributed by atoms with van der Waals surface area (Å²) in [6, 6.07) is 2.38. The van der Waals surface area contributed by atoms with Gasteiger partial charge in [0.1, 0.15) is 0 Å². The number of methoxy groups -OCH3 is 1. The number of nitrogens with one attached hydrogen (secondary N) is 1. The molecule has 1 rings (SSSR count). The summed E-state index contributed by atoms with van der Waals surface area (Å²) in [6.45, 7) is 4.08. The molecule has 3 heteroatoms. The Kier molecular flexibility index (Phi) is 6.12. The number of rotatable bonds is 8. The molecule has 0 spiro atoms. The first-order valence-corrected chi connectivity index (χ1v) is 5.59. The molecular weight excluding hydrogens is 190 g/mol. The van der Waals surface area contributed by atoms with Crippen molar-refractivity contribution in [1.82, 2.24) is 5.32 Å². The lowest BCUT2D eigenvalue weighted by atomic mass is 10.1. The minimum absolute atomic E-state index is 0.381. The summed E-state index contributed by atoms with van der Waals surface area (Å²) in [4.78, 5) is 0. The Hall–Kier alpha value is -0.800. The van der Waals surface area contributed by atoms with Crippen LogP contribution >= 0.6 is 0 Å². The van der Waals surface area contributed by atoms with Crippen LogP contribution in [0.25, 0.3) is 0 Å². The van der Waals surface area contributed by atoms with Crippen molar-refractivity contribution in [3.8, 4) is 0 Å². The largest absolute Gasteiger partial charge is 0.472 e. The van der Waals surface area contributed by atoms with Crippen molar-refractivity contribution in [2.75, 3.05) is 20.3 Å². The predicted molar refractivity (Wildman–Crippen MR) is 60.9 cm³/mol. The van der Waals surface area contributed by atoms with Gasteiger partial charge in [-0.25, -0.2) is 0 Å². The number of hydrogen-bond acceptors (Lipinski definition) is 3. The lowest BCUT2D eigenvalue weighted by molar-refractivity contribution is 0.192. The lowest BCUT2D eigenvalue weighted by Crippen LogP contribution is -2.19. The molecule has 86 valence electrons. The molecule has 15 heavy (non-hydrogen) atoms. The van der Waals surface area contributed by atoms with E-state index in [1.54, 1.807) is 19.6 Å². The minimum Gasteiger partial charge on any atom is -0.472 e. The van der Waals surface area contributed by atoms with Gasteiger partial charge < -0.3 is 14.5 Å². The summed E-state index contributed by atoms with van der Waals surface area (Å²) in [5, 5.41) is 3.46. The third-order valence-corrected chi connectivity index (χ3v) is 2.52. The van der Waals surface area contributed by atoms with Crippen molar-refractivity contribution in [3.63, 3.8) is 0 Å². The van der Waals surface area contributed by atoms with Crippen LogP contribution in [0.1, 0.15) is 37.8 Å². The Morgan fingerprint density at radius 3 is 2.93 bits per heavy atom. The first-order chi connectivity index (χ1) is 7.34. The van der Waals surface area contributed by atoms with Crippen LogP contribution in [0.5, 0.6) is 0 Å². The van der Waals surface area contributed by atoms with Crippen molar-refractivity contribution in [2.24, 2.45) is 0 Å². The van der Waals surface area contributed by atoms with Crippen LogP contribution in [0.3, 0.4) is 0 Å². The first-order valence-electron chi connectivity index (χ1n) is 5.59. The lowest BCUT2D eigenvalue weighted by Gasteiger charge is -2.11. The zero-order valence-electron chi connectivity index (χ0n) is 9.66. The fourth-order valence-corrected chi connectivity index (χ4v) is 1.51. The zero-order valence-corrected chi connectivity index (χ0v) is 9.66. The standard InChI is InChI=1S/C12H21NO2/c1-11(12-6-9-15-10-12)13-7-4-3-5-8-14-2/h6,9-11,13H,3-5,7-8H2,1-2H3. The highest BCUT2D eigenvalue weighted by molar-refractivity contribution is 5.09. The fraction of sp³-hybridized carbons (Fsp3) is 0.667. The van der Waals surface area contributed by atoms with E-state index in [0.717, 1.165) is 19.6 Å². The van der Waals surface area contributed by atoms with E-state index < -0.39 is 0 Å². The SMILES string of the molecule is COCCCCCNC(C)c1ccoc1. The molecule has 1 aromatic rings. The van der Waals surface area contributed by atoms with Crippen LogP contribution < -0.4 is 5.32 Å². The molecule has 1 atom stereocenters. The van der Waals surface area contributed by atoms with E-state index >= 15 is 0 Å². The van der Waals surface area contributed by atoms with Gasteiger partial charge in [-0.3, -0.25) is 0 Å². The van der Waals surface area contributed by atoms with Crippen molar-refractivity contribution >= 4 is 0 Å². The molecule has 1 heterocycles. The van der Waals surface area contributed by atoms with Crippen LogP contribution in [-0.2, 0) is 4.74 Å². The van der Waals surface area contributed by atoms with Gasteiger partial charge in [-0.1, -0.05) is 0 Å². The first kappa shape index (κ1) is 12.3. The molecule has 1 unspecified atom stereocenters. The second-order valence-corrected chi connectivity index (χ2v) is 3.79. The van der Waals surface area contributed by atoms with E-state index in [0.29, 0.717) is 6.04 Å². The van der Waals surface area contributed by atoms with Gasteiger partial charge in [-0.15, -0.1) is 0 Å². The Bertz CT molecular complexity index is 234. The molecular formula is C12H21NO2. The van der Waals surface area contributed by atoms with E-state index in [1.165, 1.54) is 18.4 Å². The van der Waals surface area contributed by atoms with Gasteiger partial charge in [-0.2, -0.15) is 0 Å². The van der Waals surface area contributed by atoms with Crippen molar-refractivity contribution in [2.45, 2.75) is 32.2 Å². The van der Waals surface area contributed by atoms with Gasteiger partial charge in [0.2, 0.25) is 0 Å². The van der Waals surface area contributed by atoms with E-state index in [4.69, 9.17) is 9.15 Å². The van der Waals surface area contributed by atoms with Crippen LogP contribution in [-0.4, -0.2) is 20.3 Å². The Morgan fingerprint density at radius 1 is 1.40 bits per heavy atom. The number of ether oxygens (including phenoxy) is 1. The summed E-state index contributed by atoms with van der Waals surface area (Å²) in [5.41, 5.74) is 1.21. The van der Waals surface area contributed by atoms with Crippen LogP contribution in [0.2, 0.25) is 0 Å². The second-order valence-electron chi connectivity index (χ2n) is 3.79. The maximum atomic E-state index is 5.04. The van der Waals surface area contributed by atoms with Crippen LogP contribution in [0.4, 0.5) is 0 Å². The van der Waals surface area contributed by atoms with E-state index in [1.807, 2.05) is 6.07 Å². The molecule has 0 aromatic carbocycles.